The van der Waals surface area contributed by atoms with Gasteiger partial charge < -0.3 is 0 Å². The van der Waals surface area contributed by atoms with Crippen LogP contribution in [0, 0.1) is 25.7 Å². The molecule has 2 nitrogen and oxygen atoms in total. The number of rotatable bonds is 2. The van der Waals surface area contributed by atoms with Gasteiger partial charge in [0.1, 0.15) is 5.69 Å². The average molecular weight is 318 g/mol. The highest BCUT2D eigenvalue weighted by atomic mass is 32.1. The molecular formula is C20H18N2S. The summed E-state index contributed by atoms with van der Waals surface area (Å²) >= 11 is 1.62. The van der Waals surface area contributed by atoms with Crippen LogP contribution in [-0.4, -0.2) is 9.97 Å². The standard InChI is InChI=1S/C20H18N2S/c1-4-17-8-5-14(2)11-19(17)20-10-7-16(12-21-20)6-9-18-13-23-15(3)22-18/h5,7-8,10-13H,4H2,1-3H3. The highest BCUT2D eigenvalue weighted by molar-refractivity contribution is 7.09. The van der Waals surface area contributed by atoms with E-state index in [4.69, 9.17) is 0 Å². The number of hydrogen-bond donors (Lipinski definition) is 0. The van der Waals surface area contributed by atoms with Gasteiger partial charge in [-0.05, 0) is 50.0 Å². The maximum absolute atomic E-state index is 4.60. The molecule has 0 spiro atoms. The SMILES string of the molecule is CCc1ccc(C)cc1-c1ccc(C#Cc2csc(C)n2)cn1. The molecule has 0 N–H and O–H groups in total. The summed E-state index contributed by atoms with van der Waals surface area (Å²) in [5.41, 5.74) is 6.51. The summed E-state index contributed by atoms with van der Waals surface area (Å²) < 4.78 is 0. The van der Waals surface area contributed by atoms with Crippen LogP contribution in [0.25, 0.3) is 11.3 Å². The van der Waals surface area contributed by atoms with E-state index in [-0.39, 0.29) is 0 Å². The Labute approximate surface area is 141 Å². The first-order valence-electron chi connectivity index (χ1n) is 7.66. The van der Waals surface area contributed by atoms with Crippen LogP contribution in [-0.2, 0) is 6.42 Å². The van der Waals surface area contributed by atoms with E-state index in [1.807, 2.05) is 30.6 Å². The molecule has 0 aliphatic heterocycles. The molecule has 0 atom stereocenters. The van der Waals surface area contributed by atoms with Gasteiger partial charge in [0.05, 0.1) is 10.7 Å². The first-order valence-corrected chi connectivity index (χ1v) is 8.54. The Morgan fingerprint density at radius 3 is 2.61 bits per heavy atom. The minimum Gasteiger partial charge on any atom is -0.255 e. The Morgan fingerprint density at radius 2 is 1.96 bits per heavy atom. The van der Waals surface area contributed by atoms with Gasteiger partial charge >= 0.3 is 0 Å². The molecule has 114 valence electrons. The molecule has 3 aromatic rings. The Kier molecular flexibility index (Phi) is 4.55. The minimum atomic E-state index is 0.823. The lowest BCUT2D eigenvalue weighted by molar-refractivity contribution is 1.13. The third kappa shape index (κ3) is 3.67. The van der Waals surface area contributed by atoms with Crippen molar-refractivity contribution in [1.29, 1.82) is 0 Å². The second-order valence-corrected chi connectivity index (χ2v) is 6.51. The molecule has 1 aromatic carbocycles. The van der Waals surface area contributed by atoms with Crippen molar-refractivity contribution in [2.75, 3.05) is 0 Å². The number of thiazole rings is 1. The Hall–Kier alpha value is -2.44. The summed E-state index contributed by atoms with van der Waals surface area (Å²) in [7, 11) is 0. The molecule has 2 heterocycles. The van der Waals surface area contributed by atoms with Crippen molar-refractivity contribution in [1.82, 2.24) is 9.97 Å². The van der Waals surface area contributed by atoms with E-state index in [0.717, 1.165) is 28.4 Å². The maximum Gasteiger partial charge on any atom is 0.124 e. The number of aryl methyl sites for hydroxylation is 3. The van der Waals surface area contributed by atoms with Crippen LogP contribution < -0.4 is 0 Å². The van der Waals surface area contributed by atoms with E-state index in [1.165, 1.54) is 16.7 Å². The number of benzene rings is 1. The normalized spacial score (nSPS) is 10.2. The predicted molar refractivity (Wildman–Crippen MR) is 96.6 cm³/mol. The van der Waals surface area contributed by atoms with Gasteiger partial charge in [-0.1, -0.05) is 30.5 Å². The Morgan fingerprint density at radius 1 is 1.09 bits per heavy atom. The lowest BCUT2D eigenvalue weighted by Crippen LogP contribution is -1.92. The summed E-state index contributed by atoms with van der Waals surface area (Å²) in [5.74, 6) is 6.21. The number of hydrogen-bond acceptors (Lipinski definition) is 3. The third-order valence-corrected chi connectivity index (χ3v) is 4.41. The molecule has 0 radical (unpaired) electrons. The van der Waals surface area contributed by atoms with Gasteiger partial charge in [0.15, 0.2) is 0 Å². The molecule has 0 saturated carbocycles. The average Bonchev–Trinajstić information content (AvgIpc) is 2.99. The summed E-state index contributed by atoms with van der Waals surface area (Å²) in [5, 5.41) is 3.01. The van der Waals surface area contributed by atoms with Gasteiger partial charge in [0, 0.05) is 22.7 Å². The topological polar surface area (TPSA) is 25.8 Å². The highest BCUT2D eigenvalue weighted by Crippen LogP contribution is 2.23. The summed E-state index contributed by atoms with van der Waals surface area (Å²) in [6, 6.07) is 10.6. The third-order valence-electron chi connectivity index (χ3n) is 3.64. The van der Waals surface area contributed by atoms with Crippen molar-refractivity contribution in [2.24, 2.45) is 0 Å². The predicted octanol–water partition coefficient (Wildman–Crippen LogP) is 4.78. The Balaban J connectivity index is 1.88. The monoisotopic (exact) mass is 318 g/mol. The zero-order valence-corrected chi connectivity index (χ0v) is 14.4. The second kappa shape index (κ2) is 6.76. The zero-order valence-electron chi connectivity index (χ0n) is 13.6. The lowest BCUT2D eigenvalue weighted by atomic mass is 9.99. The molecule has 23 heavy (non-hydrogen) atoms. The fourth-order valence-corrected chi connectivity index (χ4v) is 2.97. The molecule has 0 saturated heterocycles. The summed E-state index contributed by atoms with van der Waals surface area (Å²) in [6.45, 7) is 6.27. The fourth-order valence-electron chi connectivity index (χ4n) is 2.42. The molecular weight excluding hydrogens is 300 g/mol. The van der Waals surface area contributed by atoms with Crippen LogP contribution in [0.4, 0.5) is 0 Å². The molecule has 0 unspecified atom stereocenters. The van der Waals surface area contributed by atoms with E-state index in [0.29, 0.717) is 0 Å². The van der Waals surface area contributed by atoms with Crippen LogP contribution in [0.1, 0.15) is 34.3 Å². The molecule has 0 amide bonds. The summed E-state index contributed by atoms with van der Waals surface area (Å²) in [4.78, 5) is 8.94. The van der Waals surface area contributed by atoms with Crippen molar-refractivity contribution in [3.63, 3.8) is 0 Å². The van der Waals surface area contributed by atoms with Crippen molar-refractivity contribution in [3.05, 3.63) is 69.3 Å². The van der Waals surface area contributed by atoms with E-state index in [2.05, 4.69) is 53.9 Å². The largest absolute Gasteiger partial charge is 0.255 e. The van der Waals surface area contributed by atoms with Crippen LogP contribution in [0.2, 0.25) is 0 Å². The molecule has 0 aliphatic rings. The first-order chi connectivity index (χ1) is 11.2. The second-order valence-electron chi connectivity index (χ2n) is 5.45. The van der Waals surface area contributed by atoms with Gasteiger partial charge in [-0.3, -0.25) is 4.98 Å². The van der Waals surface area contributed by atoms with Gasteiger partial charge in [-0.15, -0.1) is 11.3 Å². The maximum atomic E-state index is 4.60. The quantitative estimate of drug-likeness (QED) is 0.635. The van der Waals surface area contributed by atoms with Crippen LogP contribution >= 0.6 is 11.3 Å². The molecule has 0 bridgehead atoms. The van der Waals surface area contributed by atoms with Gasteiger partial charge in [-0.2, -0.15) is 0 Å². The van der Waals surface area contributed by atoms with Gasteiger partial charge in [-0.25, -0.2) is 4.98 Å². The first kappa shape index (κ1) is 15.5. The zero-order chi connectivity index (χ0) is 16.2. The molecule has 3 rings (SSSR count). The van der Waals surface area contributed by atoms with Crippen molar-refractivity contribution in [2.45, 2.75) is 27.2 Å². The van der Waals surface area contributed by atoms with Crippen molar-refractivity contribution >= 4 is 11.3 Å². The van der Waals surface area contributed by atoms with Crippen LogP contribution in [0.3, 0.4) is 0 Å². The van der Waals surface area contributed by atoms with E-state index in [9.17, 15) is 0 Å². The number of pyridine rings is 1. The number of nitrogens with zero attached hydrogens (tertiary/aromatic N) is 2. The van der Waals surface area contributed by atoms with Gasteiger partial charge in [0.25, 0.3) is 0 Å². The molecule has 0 aliphatic carbocycles. The van der Waals surface area contributed by atoms with E-state index < -0.39 is 0 Å². The van der Waals surface area contributed by atoms with Crippen LogP contribution in [0.5, 0.6) is 0 Å². The minimum absolute atomic E-state index is 0.823. The molecule has 3 heteroatoms. The smallest absolute Gasteiger partial charge is 0.124 e. The Bertz CT molecular complexity index is 880. The van der Waals surface area contributed by atoms with Crippen LogP contribution in [0.15, 0.2) is 41.9 Å². The highest BCUT2D eigenvalue weighted by Gasteiger charge is 2.05. The lowest BCUT2D eigenvalue weighted by Gasteiger charge is -2.08. The fraction of sp³-hybridized carbons (Fsp3) is 0.200. The van der Waals surface area contributed by atoms with E-state index in [1.54, 1.807) is 11.3 Å². The summed E-state index contributed by atoms with van der Waals surface area (Å²) in [6.07, 6.45) is 2.84. The number of aromatic nitrogens is 2. The molecule has 0 fully saturated rings. The van der Waals surface area contributed by atoms with E-state index >= 15 is 0 Å². The van der Waals surface area contributed by atoms with Crippen molar-refractivity contribution in [3.8, 4) is 23.1 Å². The molecule has 2 aromatic heterocycles. The van der Waals surface area contributed by atoms with Crippen molar-refractivity contribution < 1.29 is 0 Å². The van der Waals surface area contributed by atoms with Gasteiger partial charge in [0.2, 0.25) is 0 Å².